The molecule has 2 aromatic carbocycles. The molecule has 1 aliphatic heterocycles. The summed E-state index contributed by atoms with van der Waals surface area (Å²) in [7, 11) is 3.07. The van der Waals surface area contributed by atoms with Gasteiger partial charge in [0.05, 0.1) is 25.8 Å². The van der Waals surface area contributed by atoms with Gasteiger partial charge in [0.15, 0.2) is 22.9 Å². The number of likely N-dealkylation sites (tertiary alicyclic amines) is 1. The van der Waals surface area contributed by atoms with Gasteiger partial charge in [0, 0.05) is 31.4 Å². The van der Waals surface area contributed by atoms with Gasteiger partial charge in [-0.2, -0.15) is 5.10 Å². The third-order valence-corrected chi connectivity index (χ3v) is 6.10. The van der Waals surface area contributed by atoms with Crippen LogP contribution in [0.2, 0.25) is 0 Å². The summed E-state index contributed by atoms with van der Waals surface area (Å²) in [5.41, 5.74) is 0.719. The lowest BCUT2D eigenvalue weighted by molar-refractivity contribution is -0.149. The summed E-state index contributed by atoms with van der Waals surface area (Å²) in [4.78, 5) is 40.1. The molecule has 194 valence electrons. The number of carbonyl (C=O) groups is 2. The van der Waals surface area contributed by atoms with E-state index < -0.39 is 5.56 Å². The number of rotatable bonds is 8. The van der Waals surface area contributed by atoms with Gasteiger partial charge >= 0.3 is 5.97 Å². The van der Waals surface area contributed by atoms with Gasteiger partial charge in [0.1, 0.15) is 0 Å². The Hall–Kier alpha value is -4.34. The van der Waals surface area contributed by atoms with E-state index in [2.05, 4.69) is 10.4 Å². The second-order valence-electron chi connectivity index (χ2n) is 8.61. The van der Waals surface area contributed by atoms with Crippen molar-refractivity contribution in [2.45, 2.75) is 19.8 Å². The number of aromatic nitrogens is 2. The minimum Gasteiger partial charge on any atom is -0.493 e. The SMILES string of the molecule is CCOC(=O)C1CCCN(C(=O)c2cccc(Nc3c(Oc4ccccc4OC)cnn(C)c3=O)c2)C1. The fourth-order valence-corrected chi connectivity index (χ4v) is 4.21. The molecule has 10 nitrogen and oxygen atoms in total. The van der Waals surface area contributed by atoms with Crippen molar-refractivity contribution in [1.29, 1.82) is 0 Å². The Morgan fingerprint density at radius 3 is 2.65 bits per heavy atom. The standard InChI is InChI=1S/C27H30N4O6/c1-4-36-27(34)19-10-8-14-31(17-19)25(32)18-9-7-11-20(15-18)29-24-23(16-28-30(2)26(24)33)37-22-13-6-5-12-21(22)35-3/h5-7,9,11-13,15-16,19,29H,4,8,10,14,17H2,1-3H3. The molecule has 1 unspecified atom stereocenters. The zero-order valence-electron chi connectivity index (χ0n) is 21.1. The number of esters is 1. The average Bonchev–Trinajstić information content (AvgIpc) is 2.93. The quantitative estimate of drug-likeness (QED) is 0.460. The summed E-state index contributed by atoms with van der Waals surface area (Å²) >= 11 is 0. The van der Waals surface area contributed by atoms with Crippen LogP contribution in [-0.2, 0) is 16.6 Å². The zero-order chi connectivity index (χ0) is 26.4. The highest BCUT2D eigenvalue weighted by atomic mass is 16.5. The number of para-hydroxylation sites is 2. The molecular weight excluding hydrogens is 476 g/mol. The highest BCUT2D eigenvalue weighted by Gasteiger charge is 2.30. The van der Waals surface area contributed by atoms with Crippen molar-refractivity contribution in [2.24, 2.45) is 13.0 Å². The third kappa shape index (κ3) is 5.91. The van der Waals surface area contributed by atoms with Gasteiger partial charge in [0.2, 0.25) is 0 Å². The fourth-order valence-electron chi connectivity index (χ4n) is 4.21. The van der Waals surface area contributed by atoms with E-state index >= 15 is 0 Å². The van der Waals surface area contributed by atoms with Crippen molar-refractivity contribution in [3.63, 3.8) is 0 Å². The molecule has 1 fully saturated rings. The van der Waals surface area contributed by atoms with Gasteiger partial charge in [-0.1, -0.05) is 18.2 Å². The normalized spacial score (nSPS) is 15.1. The molecule has 0 aliphatic carbocycles. The number of piperidine rings is 1. The average molecular weight is 507 g/mol. The summed E-state index contributed by atoms with van der Waals surface area (Å²) in [6.07, 6.45) is 2.86. The molecule has 0 spiro atoms. The van der Waals surface area contributed by atoms with E-state index in [1.54, 1.807) is 54.3 Å². The second-order valence-corrected chi connectivity index (χ2v) is 8.61. The van der Waals surface area contributed by atoms with Crippen LogP contribution in [0.25, 0.3) is 0 Å². The molecular formula is C27H30N4O6. The number of nitrogens with one attached hydrogen (secondary N) is 1. The number of amides is 1. The maximum Gasteiger partial charge on any atom is 0.310 e. The molecule has 4 rings (SSSR count). The summed E-state index contributed by atoms with van der Waals surface area (Å²) < 4.78 is 17.7. The number of hydrogen-bond acceptors (Lipinski definition) is 8. The number of benzene rings is 2. The number of nitrogens with zero attached hydrogens (tertiary/aromatic N) is 3. The highest BCUT2D eigenvalue weighted by Crippen LogP contribution is 2.34. The van der Waals surface area contributed by atoms with Gasteiger partial charge in [-0.25, -0.2) is 4.68 Å². The first-order valence-corrected chi connectivity index (χ1v) is 12.1. The predicted molar refractivity (Wildman–Crippen MR) is 138 cm³/mol. The van der Waals surface area contributed by atoms with Crippen molar-refractivity contribution >= 4 is 23.3 Å². The van der Waals surface area contributed by atoms with E-state index in [1.807, 2.05) is 6.07 Å². The molecule has 1 atom stereocenters. The van der Waals surface area contributed by atoms with E-state index in [1.165, 1.54) is 25.0 Å². The Kier molecular flexibility index (Phi) is 8.07. The lowest BCUT2D eigenvalue weighted by Gasteiger charge is -2.31. The molecule has 0 bridgehead atoms. The Morgan fingerprint density at radius 2 is 1.89 bits per heavy atom. The molecule has 1 N–H and O–H groups in total. The smallest absolute Gasteiger partial charge is 0.310 e. The van der Waals surface area contributed by atoms with Crippen LogP contribution < -0.4 is 20.3 Å². The first kappa shape index (κ1) is 25.7. The van der Waals surface area contributed by atoms with E-state index in [0.29, 0.717) is 48.9 Å². The molecule has 0 saturated carbocycles. The Labute approximate surface area is 214 Å². The maximum atomic E-state index is 13.3. The molecule has 1 aromatic heterocycles. The first-order chi connectivity index (χ1) is 17.9. The van der Waals surface area contributed by atoms with Crippen molar-refractivity contribution in [3.05, 3.63) is 70.6 Å². The molecule has 0 radical (unpaired) electrons. The summed E-state index contributed by atoms with van der Waals surface area (Å²) in [5, 5.41) is 7.17. The van der Waals surface area contributed by atoms with Gasteiger partial charge < -0.3 is 24.4 Å². The van der Waals surface area contributed by atoms with Crippen molar-refractivity contribution < 1.29 is 23.8 Å². The van der Waals surface area contributed by atoms with Gasteiger partial charge in [-0.05, 0) is 50.1 Å². The first-order valence-electron chi connectivity index (χ1n) is 12.1. The van der Waals surface area contributed by atoms with Crippen LogP contribution >= 0.6 is 0 Å². The number of hydrogen-bond donors (Lipinski definition) is 1. The van der Waals surface area contributed by atoms with Crippen LogP contribution in [0.15, 0.2) is 59.5 Å². The predicted octanol–water partition coefficient (Wildman–Crippen LogP) is 3.74. The number of carbonyl (C=O) groups excluding carboxylic acids is 2. The zero-order valence-corrected chi connectivity index (χ0v) is 21.1. The summed E-state index contributed by atoms with van der Waals surface area (Å²) in [5.74, 6) is 0.348. The minimum absolute atomic E-state index is 0.161. The van der Waals surface area contributed by atoms with Crippen LogP contribution in [0.5, 0.6) is 17.2 Å². The monoisotopic (exact) mass is 506 g/mol. The van der Waals surface area contributed by atoms with Crippen LogP contribution in [0, 0.1) is 5.92 Å². The molecule has 2 heterocycles. The largest absolute Gasteiger partial charge is 0.493 e. The van der Waals surface area contributed by atoms with Crippen LogP contribution in [0.3, 0.4) is 0 Å². The molecule has 1 amide bonds. The molecule has 1 aliphatic rings. The summed E-state index contributed by atoms with van der Waals surface area (Å²) in [6, 6.07) is 13.9. The minimum atomic E-state index is -0.405. The van der Waals surface area contributed by atoms with E-state index in [0.717, 1.165) is 6.42 Å². The lowest BCUT2D eigenvalue weighted by atomic mass is 9.97. The van der Waals surface area contributed by atoms with Crippen LogP contribution in [0.4, 0.5) is 11.4 Å². The number of aryl methyl sites for hydroxylation is 1. The number of ether oxygens (including phenoxy) is 3. The fraction of sp³-hybridized carbons (Fsp3) is 0.333. The number of anilines is 2. The Bertz CT molecular complexity index is 1340. The van der Waals surface area contributed by atoms with Gasteiger partial charge in [-0.15, -0.1) is 0 Å². The van der Waals surface area contributed by atoms with Crippen molar-refractivity contribution in [1.82, 2.24) is 14.7 Å². The van der Waals surface area contributed by atoms with Crippen LogP contribution in [-0.4, -0.2) is 53.4 Å². The highest BCUT2D eigenvalue weighted by molar-refractivity contribution is 5.95. The van der Waals surface area contributed by atoms with E-state index in [4.69, 9.17) is 14.2 Å². The van der Waals surface area contributed by atoms with E-state index in [-0.39, 0.29) is 29.2 Å². The third-order valence-electron chi connectivity index (χ3n) is 6.10. The van der Waals surface area contributed by atoms with Gasteiger partial charge in [-0.3, -0.25) is 14.4 Å². The maximum absolute atomic E-state index is 13.3. The molecule has 37 heavy (non-hydrogen) atoms. The molecule has 3 aromatic rings. The molecule has 10 heteroatoms. The number of methoxy groups -OCH3 is 1. The summed E-state index contributed by atoms with van der Waals surface area (Å²) in [6.45, 7) is 2.96. The van der Waals surface area contributed by atoms with Gasteiger partial charge in [0.25, 0.3) is 11.5 Å². The topological polar surface area (TPSA) is 112 Å². The van der Waals surface area contributed by atoms with E-state index in [9.17, 15) is 14.4 Å². The lowest BCUT2D eigenvalue weighted by Crippen LogP contribution is -2.42. The van der Waals surface area contributed by atoms with Crippen molar-refractivity contribution in [2.75, 3.05) is 32.1 Å². The second kappa shape index (κ2) is 11.6. The molecule has 1 saturated heterocycles. The van der Waals surface area contributed by atoms with Crippen molar-refractivity contribution in [3.8, 4) is 17.2 Å². The van der Waals surface area contributed by atoms with Crippen LogP contribution in [0.1, 0.15) is 30.1 Å². The Morgan fingerprint density at radius 1 is 1.11 bits per heavy atom. The Balaban J connectivity index is 1.57.